The highest BCUT2D eigenvalue weighted by atomic mass is 14.8. The quantitative estimate of drug-likeness (QED) is 0.594. The van der Waals surface area contributed by atoms with Crippen LogP contribution < -0.4 is 17.2 Å². The van der Waals surface area contributed by atoms with Crippen molar-refractivity contribution in [3.8, 4) is 0 Å². The smallest absolute Gasteiger partial charge is 0.0755 e. The molecule has 23 heavy (non-hydrogen) atoms. The van der Waals surface area contributed by atoms with E-state index >= 15 is 0 Å². The molecule has 0 spiro atoms. The van der Waals surface area contributed by atoms with E-state index in [0.29, 0.717) is 29.1 Å². The first-order valence-corrected chi connectivity index (χ1v) is 8.11. The number of allylic oxidation sites excluding steroid dienone is 2. The number of rotatable bonds is 6. The number of aliphatic imine (C=N–C) groups is 1. The summed E-state index contributed by atoms with van der Waals surface area (Å²) in [6.07, 6.45) is 9.01. The lowest BCUT2D eigenvalue weighted by molar-refractivity contribution is 0.276. The lowest BCUT2D eigenvalue weighted by atomic mass is 9.81. The highest BCUT2D eigenvalue weighted by Crippen LogP contribution is 2.37. The Balaban J connectivity index is 1.85. The summed E-state index contributed by atoms with van der Waals surface area (Å²) in [4.78, 5) is 9.08. The standard InChI is InChI=1S/C17H24N6/c18-6-10-3-13(4-10)22-9-14(17(21)11-1-2-11)16-5-15(20)12(7-19)8-23-16/h5,7-11,13,19H,1-4,6,18,21H2,(H2,20,23). The molecule has 2 fully saturated rings. The maximum atomic E-state index is 7.31. The summed E-state index contributed by atoms with van der Waals surface area (Å²) in [5.74, 6) is 1.03. The summed E-state index contributed by atoms with van der Waals surface area (Å²) in [5.41, 5.74) is 21.5. The summed E-state index contributed by atoms with van der Waals surface area (Å²) < 4.78 is 0. The Kier molecular flexibility index (Phi) is 4.43. The molecule has 0 atom stereocenters. The average Bonchev–Trinajstić information content (AvgIpc) is 3.34. The van der Waals surface area contributed by atoms with Crippen molar-refractivity contribution in [1.29, 1.82) is 5.41 Å². The Morgan fingerprint density at radius 1 is 1.39 bits per heavy atom. The molecule has 3 rings (SSSR count). The maximum Gasteiger partial charge on any atom is 0.0755 e. The van der Waals surface area contributed by atoms with Crippen LogP contribution >= 0.6 is 0 Å². The van der Waals surface area contributed by atoms with Gasteiger partial charge in [0.25, 0.3) is 0 Å². The second kappa shape index (κ2) is 6.50. The van der Waals surface area contributed by atoms with Crippen LogP contribution in [0.2, 0.25) is 0 Å². The van der Waals surface area contributed by atoms with Crippen LogP contribution in [0.5, 0.6) is 0 Å². The van der Waals surface area contributed by atoms with Gasteiger partial charge in [-0.15, -0.1) is 0 Å². The van der Waals surface area contributed by atoms with E-state index in [9.17, 15) is 0 Å². The van der Waals surface area contributed by atoms with Crippen LogP contribution in [0.15, 0.2) is 23.0 Å². The molecule has 1 aromatic rings. The first kappa shape index (κ1) is 15.7. The van der Waals surface area contributed by atoms with Crippen molar-refractivity contribution in [3.05, 3.63) is 29.2 Å². The molecule has 2 saturated carbocycles. The molecule has 0 unspecified atom stereocenters. The zero-order valence-electron chi connectivity index (χ0n) is 13.2. The summed E-state index contributed by atoms with van der Waals surface area (Å²) in [6, 6.07) is 2.12. The fraction of sp³-hybridized carbons (Fsp3) is 0.471. The van der Waals surface area contributed by atoms with Crippen molar-refractivity contribution in [2.45, 2.75) is 31.7 Å². The lowest BCUT2D eigenvalue weighted by Gasteiger charge is -2.31. The Morgan fingerprint density at radius 2 is 2.13 bits per heavy atom. The van der Waals surface area contributed by atoms with Crippen molar-refractivity contribution < 1.29 is 0 Å². The van der Waals surface area contributed by atoms with Crippen molar-refractivity contribution in [2.24, 2.45) is 28.3 Å². The Bertz CT molecular complexity index is 653. The van der Waals surface area contributed by atoms with Gasteiger partial charge in [-0.3, -0.25) is 9.98 Å². The van der Waals surface area contributed by atoms with Gasteiger partial charge in [-0.2, -0.15) is 0 Å². The van der Waals surface area contributed by atoms with Crippen LogP contribution in [-0.4, -0.2) is 30.0 Å². The minimum Gasteiger partial charge on any atom is -0.401 e. The van der Waals surface area contributed by atoms with Gasteiger partial charge in [-0.25, -0.2) is 0 Å². The Labute approximate surface area is 136 Å². The van der Waals surface area contributed by atoms with Gasteiger partial charge < -0.3 is 22.6 Å². The molecule has 0 aromatic carbocycles. The van der Waals surface area contributed by atoms with Gasteiger partial charge >= 0.3 is 0 Å². The van der Waals surface area contributed by atoms with Crippen LogP contribution in [0.4, 0.5) is 5.69 Å². The van der Waals surface area contributed by atoms with Crippen molar-refractivity contribution >= 4 is 23.7 Å². The Hall–Kier alpha value is -2.21. The van der Waals surface area contributed by atoms with Crippen LogP contribution in [0.3, 0.4) is 0 Å². The van der Waals surface area contributed by atoms with Gasteiger partial charge in [-0.1, -0.05) is 0 Å². The van der Waals surface area contributed by atoms with Crippen LogP contribution in [-0.2, 0) is 0 Å². The summed E-state index contributed by atoms with van der Waals surface area (Å²) >= 11 is 0. The predicted molar refractivity (Wildman–Crippen MR) is 94.4 cm³/mol. The second-order valence-electron chi connectivity index (χ2n) is 6.49. The van der Waals surface area contributed by atoms with Gasteiger partial charge in [0.15, 0.2) is 0 Å². The molecule has 6 heteroatoms. The van der Waals surface area contributed by atoms with E-state index in [2.05, 4.69) is 9.98 Å². The first-order valence-electron chi connectivity index (χ1n) is 8.11. The largest absolute Gasteiger partial charge is 0.401 e. The lowest BCUT2D eigenvalue weighted by Crippen LogP contribution is -2.32. The SMILES string of the molecule is N=Cc1cnc(C(C=NC2CC(CN)C2)=C(N)C2CC2)cc1N. The summed E-state index contributed by atoms with van der Waals surface area (Å²) in [7, 11) is 0. The van der Waals surface area contributed by atoms with Gasteiger partial charge in [0.1, 0.15) is 0 Å². The van der Waals surface area contributed by atoms with E-state index in [-0.39, 0.29) is 0 Å². The molecular formula is C17H24N6. The molecule has 0 saturated heterocycles. The number of nitrogens with zero attached hydrogens (tertiary/aromatic N) is 2. The van der Waals surface area contributed by atoms with Gasteiger partial charge in [0.05, 0.1) is 11.7 Å². The van der Waals surface area contributed by atoms with Crippen molar-refractivity contribution in [3.63, 3.8) is 0 Å². The third-order valence-electron chi connectivity index (χ3n) is 4.69. The molecule has 0 bridgehead atoms. The minimum atomic E-state index is 0.337. The van der Waals surface area contributed by atoms with Gasteiger partial charge in [0.2, 0.25) is 0 Å². The van der Waals surface area contributed by atoms with Gasteiger partial charge in [0, 0.05) is 41.1 Å². The number of nitrogens with two attached hydrogens (primary N) is 3. The van der Waals surface area contributed by atoms with E-state index in [1.807, 2.05) is 6.21 Å². The molecular weight excluding hydrogens is 288 g/mol. The number of nitrogens with one attached hydrogen (secondary N) is 1. The number of nitrogen functional groups attached to an aromatic ring is 1. The maximum absolute atomic E-state index is 7.31. The predicted octanol–water partition coefficient (Wildman–Crippen LogP) is 1.55. The third-order valence-corrected chi connectivity index (χ3v) is 4.69. The summed E-state index contributed by atoms with van der Waals surface area (Å²) in [5, 5.41) is 7.31. The molecule has 1 heterocycles. The fourth-order valence-corrected chi connectivity index (χ4v) is 2.85. The van der Waals surface area contributed by atoms with Crippen LogP contribution in [0, 0.1) is 17.2 Å². The number of pyridine rings is 1. The molecule has 122 valence electrons. The van der Waals surface area contributed by atoms with Crippen LogP contribution in [0.25, 0.3) is 5.57 Å². The number of hydrogen-bond donors (Lipinski definition) is 4. The fourth-order valence-electron chi connectivity index (χ4n) is 2.85. The molecule has 0 amide bonds. The third kappa shape index (κ3) is 3.42. The normalized spacial score (nSPS) is 25.1. The zero-order chi connectivity index (χ0) is 16.4. The van der Waals surface area contributed by atoms with Crippen molar-refractivity contribution in [1.82, 2.24) is 4.98 Å². The molecule has 0 aliphatic heterocycles. The first-order chi connectivity index (χ1) is 11.1. The van der Waals surface area contributed by atoms with Crippen LogP contribution in [0.1, 0.15) is 36.9 Å². The highest BCUT2D eigenvalue weighted by molar-refractivity contribution is 6.10. The monoisotopic (exact) mass is 312 g/mol. The highest BCUT2D eigenvalue weighted by Gasteiger charge is 2.29. The molecule has 1 aromatic heterocycles. The molecule has 7 N–H and O–H groups in total. The molecule has 2 aliphatic carbocycles. The average molecular weight is 312 g/mol. The molecule has 6 nitrogen and oxygen atoms in total. The van der Waals surface area contributed by atoms with E-state index in [4.69, 9.17) is 22.6 Å². The topological polar surface area (TPSA) is 127 Å². The summed E-state index contributed by atoms with van der Waals surface area (Å²) in [6.45, 7) is 0.738. The molecule has 2 aliphatic rings. The zero-order valence-corrected chi connectivity index (χ0v) is 13.2. The number of anilines is 1. The number of aromatic nitrogens is 1. The van der Waals surface area contributed by atoms with Gasteiger partial charge in [-0.05, 0) is 50.1 Å². The second-order valence-corrected chi connectivity index (χ2v) is 6.49. The van der Waals surface area contributed by atoms with E-state index in [0.717, 1.165) is 49.2 Å². The Morgan fingerprint density at radius 3 is 2.70 bits per heavy atom. The minimum absolute atomic E-state index is 0.337. The van der Waals surface area contributed by atoms with E-state index < -0.39 is 0 Å². The molecule has 0 radical (unpaired) electrons. The van der Waals surface area contributed by atoms with Crippen molar-refractivity contribution in [2.75, 3.05) is 12.3 Å². The van der Waals surface area contributed by atoms with E-state index in [1.54, 1.807) is 12.3 Å². The number of hydrogen-bond acceptors (Lipinski definition) is 6. The van der Waals surface area contributed by atoms with E-state index in [1.165, 1.54) is 6.21 Å².